The minimum absolute atomic E-state index is 0.342. The summed E-state index contributed by atoms with van der Waals surface area (Å²) in [5, 5.41) is 3.80. The minimum Gasteiger partial charge on any atom is -0.443 e. The number of hydrogen-bond acceptors (Lipinski definition) is 4. The number of carbonyl (C=O) groups is 1. The van der Waals surface area contributed by atoms with Crippen molar-refractivity contribution in [3.8, 4) is 0 Å². The van der Waals surface area contributed by atoms with Gasteiger partial charge in [0.25, 0.3) is 0 Å². The normalized spacial score (nSPS) is 18.6. The van der Waals surface area contributed by atoms with Gasteiger partial charge in [0.1, 0.15) is 5.60 Å². The summed E-state index contributed by atoms with van der Waals surface area (Å²) in [5.74, 6) is 0. The van der Waals surface area contributed by atoms with Crippen LogP contribution in [0.3, 0.4) is 0 Å². The molecule has 2 N–H and O–H groups in total. The van der Waals surface area contributed by atoms with Gasteiger partial charge < -0.3 is 10.1 Å². The van der Waals surface area contributed by atoms with Gasteiger partial charge in [-0.2, -0.15) is 0 Å². The molecule has 0 spiro atoms. The van der Waals surface area contributed by atoms with Gasteiger partial charge in [-0.05, 0) is 58.7 Å². The third-order valence-corrected chi connectivity index (χ3v) is 3.08. The van der Waals surface area contributed by atoms with E-state index in [1.165, 1.54) is 11.9 Å². The summed E-state index contributed by atoms with van der Waals surface area (Å²) >= 11 is 1.48. The Hall–Kier alpha value is -0.420. The maximum atomic E-state index is 11.3. The second kappa shape index (κ2) is 5.61. The standard InChI is InChI=1S/C10H20N2O2S/c1-10(2,3)14-9(13)12-15-8-4-6-11-7-5-8/h8,11H,4-7H2,1-3H3,(H,12,13). The van der Waals surface area contributed by atoms with Gasteiger partial charge in [-0.3, -0.25) is 4.72 Å². The molecule has 88 valence electrons. The van der Waals surface area contributed by atoms with E-state index in [0.717, 1.165) is 25.9 Å². The number of nitrogens with one attached hydrogen (secondary N) is 2. The Kier molecular flexibility index (Phi) is 4.73. The Morgan fingerprint density at radius 2 is 2.00 bits per heavy atom. The van der Waals surface area contributed by atoms with Crippen LogP contribution in [0.2, 0.25) is 0 Å². The van der Waals surface area contributed by atoms with Gasteiger partial charge in [-0.25, -0.2) is 4.79 Å². The first-order valence-electron chi connectivity index (χ1n) is 5.33. The van der Waals surface area contributed by atoms with Gasteiger partial charge in [-0.15, -0.1) is 0 Å². The lowest BCUT2D eigenvalue weighted by Gasteiger charge is -2.23. The van der Waals surface area contributed by atoms with Crippen LogP contribution >= 0.6 is 11.9 Å². The smallest absolute Gasteiger partial charge is 0.417 e. The zero-order valence-electron chi connectivity index (χ0n) is 9.63. The van der Waals surface area contributed by atoms with Crippen LogP contribution in [0.1, 0.15) is 33.6 Å². The van der Waals surface area contributed by atoms with Gasteiger partial charge in [-0.1, -0.05) is 0 Å². The van der Waals surface area contributed by atoms with Crippen molar-refractivity contribution in [2.75, 3.05) is 13.1 Å². The lowest BCUT2D eigenvalue weighted by molar-refractivity contribution is 0.0574. The minimum atomic E-state index is -0.418. The predicted molar refractivity (Wildman–Crippen MR) is 62.9 cm³/mol. The van der Waals surface area contributed by atoms with Gasteiger partial charge in [0.15, 0.2) is 0 Å². The molecule has 1 fully saturated rings. The fourth-order valence-corrected chi connectivity index (χ4v) is 2.12. The third kappa shape index (κ3) is 5.89. The Labute approximate surface area is 95.7 Å². The molecule has 0 aliphatic carbocycles. The van der Waals surface area contributed by atoms with E-state index in [0.29, 0.717) is 5.25 Å². The van der Waals surface area contributed by atoms with Crippen LogP contribution in [0.5, 0.6) is 0 Å². The molecule has 1 heterocycles. The molecule has 1 rings (SSSR count). The van der Waals surface area contributed by atoms with E-state index in [9.17, 15) is 4.79 Å². The Bertz CT molecular complexity index is 210. The lowest BCUT2D eigenvalue weighted by Crippen LogP contribution is -2.34. The molecule has 0 aromatic carbocycles. The van der Waals surface area contributed by atoms with Crippen LogP contribution < -0.4 is 10.0 Å². The maximum absolute atomic E-state index is 11.3. The number of hydrogen-bond donors (Lipinski definition) is 2. The highest BCUT2D eigenvalue weighted by atomic mass is 32.2. The van der Waals surface area contributed by atoms with Crippen molar-refractivity contribution in [1.82, 2.24) is 10.0 Å². The van der Waals surface area contributed by atoms with Crippen molar-refractivity contribution in [3.63, 3.8) is 0 Å². The Morgan fingerprint density at radius 1 is 1.40 bits per heavy atom. The average molecular weight is 232 g/mol. The van der Waals surface area contributed by atoms with Crippen LogP contribution in [-0.4, -0.2) is 30.0 Å². The lowest BCUT2D eigenvalue weighted by atomic mass is 10.2. The van der Waals surface area contributed by atoms with Crippen LogP contribution in [0.4, 0.5) is 4.79 Å². The highest BCUT2D eigenvalue weighted by Crippen LogP contribution is 2.17. The van der Waals surface area contributed by atoms with Crippen molar-refractivity contribution in [2.45, 2.75) is 44.5 Å². The van der Waals surface area contributed by atoms with Crippen LogP contribution in [0.15, 0.2) is 0 Å². The fraction of sp³-hybridized carbons (Fsp3) is 0.900. The van der Waals surface area contributed by atoms with E-state index in [1.807, 2.05) is 20.8 Å². The molecule has 1 aliphatic heterocycles. The Morgan fingerprint density at radius 3 is 2.53 bits per heavy atom. The van der Waals surface area contributed by atoms with E-state index < -0.39 is 5.60 Å². The van der Waals surface area contributed by atoms with Crippen LogP contribution in [0, 0.1) is 0 Å². The number of piperidine rings is 1. The summed E-state index contributed by atoms with van der Waals surface area (Å²) in [7, 11) is 0. The first kappa shape index (κ1) is 12.6. The summed E-state index contributed by atoms with van der Waals surface area (Å²) in [4.78, 5) is 11.3. The van der Waals surface area contributed by atoms with Crippen molar-refractivity contribution in [3.05, 3.63) is 0 Å². The molecule has 15 heavy (non-hydrogen) atoms. The topological polar surface area (TPSA) is 50.4 Å². The number of ether oxygens (including phenoxy) is 1. The molecule has 1 amide bonds. The molecule has 0 atom stereocenters. The molecular formula is C10H20N2O2S. The van der Waals surface area contributed by atoms with Crippen LogP contribution in [0.25, 0.3) is 0 Å². The zero-order valence-corrected chi connectivity index (χ0v) is 10.4. The summed E-state index contributed by atoms with van der Waals surface area (Å²) in [6, 6.07) is 0. The molecule has 0 aromatic rings. The van der Waals surface area contributed by atoms with E-state index in [-0.39, 0.29) is 6.09 Å². The quantitative estimate of drug-likeness (QED) is 0.714. The third-order valence-electron chi connectivity index (χ3n) is 1.99. The molecule has 0 aromatic heterocycles. The first-order valence-corrected chi connectivity index (χ1v) is 6.21. The summed E-state index contributed by atoms with van der Waals surface area (Å²) < 4.78 is 7.88. The van der Waals surface area contributed by atoms with E-state index in [4.69, 9.17) is 4.74 Å². The van der Waals surface area contributed by atoms with Crippen molar-refractivity contribution in [2.24, 2.45) is 0 Å². The maximum Gasteiger partial charge on any atom is 0.417 e. The van der Waals surface area contributed by atoms with Gasteiger partial charge in [0, 0.05) is 5.25 Å². The summed E-state index contributed by atoms with van der Waals surface area (Å²) in [6.45, 7) is 7.66. The first-order chi connectivity index (χ1) is 6.97. The fourth-order valence-electron chi connectivity index (χ4n) is 1.34. The largest absolute Gasteiger partial charge is 0.443 e. The molecule has 0 saturated carbocycles. The van der Waals surface area contributed by atoms with Crippen molar-refractivity contribution < 1.29 is 9.53 Å². The Balaban J connectivity index is 2.15. The summed E-state index contributed by atoms with van der Waals surface area (Å²) in [6.07, 6.45) is 1.85. The second-order valence-electron chi connectivity index (χ2n) is 4.67. The van der Waals surface area contributed by atoms with Crippen LogP contribution in [-0.2, 0) is 4.74 Å². The number of carbonyl (C=O) groups excluding carboxylic acids is 1. The van der Waals surface area contributed by atoms with E-state index in [2.05, 4.69) is 10.0 Å². The average Bonchev–Trinajstić information content (AvgIpc) is 2.14. The predicted octanol–water partition coefficient (Wildman–Crippen LogP) is 1.91. The number of amides is 1. The highest BCUT2D eigenvalue weighted by molar-refractivity contribution is 7.98. The second-order valence-corrected chi connectivity index (χ2v) is 5.78. The molecular weight excluding hydrogens is 212 g/mol. The summed E-state index contributed by atoms with van der Waals surface area (Å²) in [5.41, 5.74) is -0.418. The number of rotatable bonds is 2. The molecule has 0 radical (unpaired) electrons. The molecule has 1 saturated heterocycles. The molecule has 5 heteroatoms. The van der Waals surface area contributed by atoms with Gasteiger partial charge >= 0.3 is 6.09 Å². The van der Waals surface area contributed by atoms with Gasteiger partial charge in [0.05, 0.1) is 0 Å². The molecule has 0 unspecified atom stereocenters. The molecule has 0 bridgehead atoms. The van der Waals surface area contributed by atoms with Gasteiger partial charge in [0.2, 0.25) is 0 Å². The van der Waals surface area contributed by atoms with Crippen molar-refractivity contribution >= 4 is 18.0 Å². The SMILES string of the molecule is CC(C)(C)OC(=O)NSC1CCNCC1. The zero-order chi connectivity index (χ0) is 11.3. The monoisotopic (exact) mass is 232 g/mol. The molecule has 4 nitrogen and oxygen atoms in total. The van der Waals surface area contributed by atoms with E-state index >= 15 is 0 Å². The van der Waals surface area contributed by atoms with E-state index in [1.54, 1.807) is 0 Å². The highest BCUT2D eigenvalue weighted by Gasteiger charge is 2.19. The van der Waals surface area contributed by atoms with Crippen molar-refractivity contribution in [1.29, 1.82) is 0 Å². The molecule has 1 aliphatic rings.